The zero-order valence-electron chi connectivity index (χ0n) is 13.9. The number of nitrogens with zero attached hydrogens (tertiary/aromatic N) is 2. The van der Waals surface area contributed by atoms with Crippen LogP contribution in [0.2, 0.25) is 0 Å². The summed E-state index contributed by atoms with van der Waals surface area (Å²) in [5, 5.41) is 4.66. The molecule has 5 nitrogen and oxygen atoms in total. The first-order chi connectivity index (χ1) is 11.4. The maximum absolute atomic E-state index is 12.1. The number of hydrogen-bond acceptors (Lipinski definition) is 5. The fourth-order valence-corrected chi connectivity index (χ4v) is 3.08. The minimum absolute atomic E-state index is 0.0188. The van der Waals surface area contributed by atoms with Crippen LogP contribution in [-0.4, -0.2) is 27.2 Å². The molecule has 1 aromatic carbocycles. The Balaban J connectivity index is 1.90. The Morgan fingerprint density at radius 1 is 1.17 bits per heavy atom. The number of para-hydroxylation sites is 1. The van der Waals surface area contributed by atoms with E-state index in [9.17, 15) is 4.79 Å². The van der Waals surface area contributed by atoms with E-state index in [0.717, 1.165) is 15.9 Å². The molecule has 0 unspecified atom stereocenters. The molecule has 0 spiro atoms. The molecule has 0 aliphatic rings. The molecule has 2 aromatic heterocycles. The van der Waals surface area contributed by atoms with Crippen LogP contribution in [0.1, 0.15) is 20.8 Å². The van der Waals surface area contributed by atoms with Crippen LogP contribution in [0, 0.1) is 0 Å². The van der Waals surface area contributed by atoms with Gasteiger partial charge < -0.3 is 9.73 Å². The fraction of sp³-hybridized carbons (Fsp3) is 0.278. The number of hydrogen-bond donors (Lipinski definition) is 1. The molecule has 0 aliphatic carbocycles. The van der Waals surface area contributed by atoms with Gasteiger partial charge in [-0.1, -0.05) is 30.0 Å². The van der Waals surface area contributed by atoms with E-state index in [2.05, 4.69) is 15.3 Å². The molecule has 24 heavy (non-hydrogen) atoms. The maximum Gasteiger partial charge on any atom is 0.230 e. The van der Waals surface area contributed by atoms with Gasteiger partial charge in [-0.2, -0.15) is 0 Å². The summed E-state index contributed by atoms with van der Waals surface area (Å²) in [4.78, 5) is 21.2. The van der Waals surface area contributed by atoms with E-state index in [0.29, 0.717) is 17.3 Å². The number of carbonyl (C=O) groups is 1. The maximum atomic E-state index is 12.1. The summed E-state index contributed by atoms with van der Waals surface area (Å²) < 4.78 is 5.40. The van der Waals surface area contributed by atoms with Gasteiger partial charge in [-0.15, -0.1) is 0 Å². The molecule has 124 valence electrons. The second-order valence-corrected chi connectivity index (χ2v) is 7.40. The van der Waals surface area contributed by atoms with Crippen molar-refractivity contribution in [1.29, 1.82) is 0 Å². The van der Waals surface area contributed by atoms with Crippen LogP contribution >= 0.6 is 11.8 Å². The molecule has 0 saturated heterocycles. The van der Waals surface area contributed by atoms with Crippen molar-refractivity contribution in [2.45, 2.75) is 31.3 Å². The average molecular weight is 341 g/mol. The van der Waals surface area contributed by atoms with Crippen molar-refractivity contribution in [3.63, 3.8) is 0 Å². The van der Waals surface area contributed by atoms with Crippen LogP contribution in [0.5, 0.6) is 0 Å². The van der Waals surface area contributed by atoms with Crippen molar-refractivity contribution >= 4 is 28.6 Å². The van der Waals surface area contributed by atoms with Gasteiger partial charge in [0.1, 0.15) is 5.03 Å². The summed E-state index contributed by atoms with van der Waals surface area (Å²) in [5.74, 6) is 1.42. The van der Waals surface area contributed by atoms with Gasteiger partial charge in [0.05, 0.1) is 17.5 Å². The van der Waals surface area contributed by atoms with E-state index in [4.69, 9.17) is 4.42 Å². The highest BCUT2D eigenvalue weighted by atomic mass is 32.2. The Kier molecular flexibility index (Phi) is 4.57. The summed E-state index contributed by atoms with van der Waals surface area (Å²) in [6.07, 6.45) is 1.59. The van der Waals surface area contributed by atoms with Gasteiger partial charge in [-0.25, -0.2) is 9.97 Å². The van der Waals surface area contributed by atoms with Crippen LogP contribution in [0.3, 0.4) is 0 Å². The molecular weight excluding hydrogens is 322 g/mol. The largest absolute Gasteiger partial charge is 0.461 e. The Hall–Kier alpha value is -2.34. The van der Waals surface area contributed by atoms with E-state index < -0.39 is 0 Å². The molecule has 3 aromatic rings. The predicted molar refractivity (Wildman–Crippen MR) is 95.9 cm³/mol. The third-order valence-electron chi connectivity index (χ3n) is 3.16. The van der Waals surface area contributed by atoms with Gasteiger partial charge in [0.2, 0.25) is 5.91 Å². The first kappa shape index (κ1) is 16.5. The van der Waals surface area contributed by atoms with Crippen LogP contribution in [-0.2, 0) is 4.79 Å². The van der Waals surface area contributed by atoms with Gasteiger partial charge in [0.25, 0.3) is 0 Å². The summed E-state index contributed by atoms with van der Waals surface area (Å²) in [6.45, 7) is 5.89. The number of furan rings is 1. The second kappa shape index (κ2) is 6.65. The van der Waals surface area contributed by atoms with Crippen LogP contribution < -0.4 is 5.32 Å². The lowest BCUT2D eigenvalue weighted by Gasteiger charge is -2.20. The average Bonchev–Trinajstić information content (AvgIpc) is 3.05. The van der Waals surface area contributed by atoms with Crippen molar-refractivity contribution in [3.8, 4) is 11.6 Å². The minimum atomic E-state index is -0.245. The van der Waals surface area contributed by atoms with Crippen LogP contribution in [0.15, 0.2) is 52.1 Å². The normalized spacial score (nSPS) is 11.6. The van der Waals surface area contributed by atoms with Crippen molar-refractivity contribution in [2.24, 2.45) is 0 Å². The zero-order valence-corrected chi connectivity index (χ0v) is 14.7. The van der Waals surface area contributed by atoms with Crippen molar-refractivity contribution in [3.05, 3.63) is 42.7 Å². The molecule has 0 radical (unpaired) electrons. The van der Waals surface area contributed by atoms with Gasteiger partial charge in [-0.3, -0.25) is 4.79 Å². The number of aromatic nitrogens is 2. The SMILES string of the molecule is CC(C)(C)NC(=O)CSc1nc(-c2ccco2)nc2ccccc12. The van der Waals surface area contributed by atoms with Crippen molar-refractivity contribution in [2.75, 3.05) is 5.75 Å². The Morgan fingerprint density at radius 2 is 1.96 bits per heavy atom. The third kappa shape index (κ3) is 3.94. The van der Waals surface area contributed by atoms with Crippen molar-refractivity contribution in [1.82, 2.24) is 15.3 Å². The molecule has 2 heterocycles. The lowest BCUT2D eigenvalue weighted by Crippen LogP contribution is -2.41. The highest BCUT2D eigenvalue weighted by Crippen LogP contribution is 2.28. The topological polar surface area (TPSA) is 68.0 Å². The Morgan fingerprint density at radius 3 is 2.67 bits per heavy atom. The van der Waals surface area contributed by atoms with Gasteiger partial charge in [0, 0.05) is 10.9 Å². The summed E-state index contributed by atoms with van der Waals surface area (Å²) >= 11 is 1.41. The molecule has 0 bridgehead atoms. The Bertz CT molecular complexity index is 854. The summed E-state index contributed by atoms with van der Waals surface area (Å²) in [6, 6.07) is 11.4. The molecule has 1 N–H and O–H groups in total. The van der Waals surface area contributed by atoms with Gasteiger partial charge >= 0.3 is 0 Å². The number of benzene rings is 1. The quantitative estimate of drug-likeness (QED) is 0.576. The third-order valence-corrected chi connectivity index (χ3v) is 4.16. The number of carbonyl (C=O) groups excluding carboxylic acids is 1. The van der Waals surface area contributed by atoms with Crippen LogP contribution in [0.4, 0.5) is 0 Å². The lowest BCUT2D eigenvalue weighted by atomic mass is 10.1. The molecule has 0 fully saturated rings. The molecule has 3 rings (SSSR count). The van der Waals surface area contributed by atoms with E-state index in [1.807, 2.05) is 51.1 Å². The first-order valence-corrected chi connectivity index (χ1v) is 8.65. The summed E-state index contributed by atoms with van der Waals surface area (Å²) in [5.41, 5.74) is 0.586. The molecular formula is C18H19N3O2S. The smallest absolute Gasteiger partial charge is 0.230 e. The molecule has 1 amide bonds. The van der Waals surface area contributed by atoms with Crippen molar-refractivity contribution < 1.29 is 9.21 Å². The van der Waals surface area contributed by atoms with Crippen LogP contribution in [0.25, 0.3) is 22.5 Å². The second-order valence-electron chi connectivity index (χ2n) is 6.43. The minimum Gasteiger partial charge on any atom is -0.461 e. The summed E-state index contributed by atoms with van der Waals surface area (Å²) in [7, 11) is 0. The highest BCUT2D eigenvalue weighted by molar-refractivity contribution is 8.00. The number of thioether (sulfide) groups is 1. The molecule has 6 heteroatoms. The number of fused-ring (bicyclic) bond motifs is 1. The monoisotopic (exact) mass is 341 g/mol. The standard InChI is InChI=1S/C18H19N3O2S/c1-18(2,3)21-15(22)11-24-17-12-7-4-5-8-13(12)19-16(20-17)14-9-6-10-23-14/h4-10H,11H2,1-3H3,(H,21,22). The highest BCUT2D eigenvalue weighted by Gasteiger charge is 2.16. The molecule has 0 aliphatic heterocycles. The fourth-order valence-electron chi connectivity index (χ4n) is 2.26. The Labute approximate surface area is 144 Å². The predicted octanol–water partition coefficient (Wildman–Crippen LogP) is 3.90. The first-order valence-electron chi connectivity index (χ1n) is 7.67. The van der Waals surface area contributed by atoms with Gasteiger partial charge in [0.15, 0.2) is 11.6 Å². The number of amides is 1. The van der Waals surface area contributed by atoms with E-state index >= 15 is 0 Å². The number of rotatable bonds is 4. The van der Waals surface area contributed by atoms with E-state index in [1.165, 1.54) is 11.8 Å². The molecule has 0 saturated carbocycles. The zero-order chi connectivity index (χ0) is 17.2. The van der Waals surface area contributed by atoms with Gasteiger partial charge in [-0.05, 0) is 39.0 Å². The number of nitrogens with one attached hydrogen (secondary N) is 1. The van der Waals surface area contributed by atoms with E-state index in [1.54, 1.807) is 12.3 Å². The molecule has 0 atom stereocenters. The van der Waals surface area contributed by atoms with E-state index in [-0.39, 0.29) is 11.4 Å². The lowest BCUT2D eigenvalue weighted by molar-refractivity contribution is -0.119.